The third-order valence-corrected chi connectivity index (χ3v) is 10.5. The molecule has 5 atom stereocenters. The fourth-order valence-electron chi connectivity index (χ4n) is 8.01. The lowest BCUT2D eigenvalue weighted by Gasteiger charge is -2.32. The highest BCUT2D eigenvalue weighted by Crippen LogP contribution is 2.88. The predicted molar refractivity (Wildman–Crippen MR) is 138 cm³/mol. The van der Waals surface area contributed by atoms with Crippen LogP contribution in [0, 0.1) is 22.2 Å². The van der Waals surface area contributed by atoms with Crippen LogP contribution in [0.4, 0.5) is 4.79 Å². The van der Waals surface area contributed by atoms with Gasteiger partial charge in [-0.05, 0) is 70.1 Å². The molecule has 9 nitrogen and oxygen atoms in total. The predicted octanol–water partition coefficient (Wildman–Crippen LogP) is 2.74. The normalized spacial score (nSPS) is 36.1. The summed E-state index contributed by atoms with van der Waals surface area (Å²) in [6, 6.07) is -0.714. The third-order valence-electron chi connectivity index (χ3n) is 10.5. The van der Waals surface area contributed by atoms with Gasteiger partial charge in [-0.3, -0.25) is 19.4 Å². The zero-order chi connectivity index (χ0) is 27.0. The molecule has 2 spiro atoms. The molecule has 0 aromatic carbocycles. The largest absolute Gasteiger partial charge is 0.444 e. The second-order valence-electron chi connectivity index (χ2n) is 13.6. The highest BCUT2D eigenvalue weighted by Gasteiger charge is 2.85. The SMILES string of the molecule is C=C[C@@H]1C[C@]1(NC(=O)[C@@H]1C[C@@]2(CN1C(=O)OC(C)(C)C)C(C)(C)C21CCC1)C(=O)NC(O)N1CCCC1. The van der Waals surface area contributed by atoms with E-state index in [1.54, 1.807) is 11.0 Å². The summed E-state index contributed by atoms with van der Waals surface area (Å²) in [4.78, 5) is 44.0. The number of ether oxygens (including phenoxy) is 1. The van der Waals surface area contributed by atoms with Gasteiger partial charge in [-0.2, -0.15) is 0 Å². The number of nitrogens with zero attached hydrogens (tertiary/aromatic N) is 2. The minimum absolute atomic E-state index is 0.0334. The minimum Gasteiger partial charge on any atom is -0.444 e. The van der Waals surface area contributed by atoms with Crippen molar-refractivity contribution in [3.05, 3.63) is 12.7 Å². The van der Waals surface area contributed by atoms with Crippen LogP contribution < -0.4 is 10.6 Å². The summed E-state index contributed by atoms with van der Waals surface area (Å²) < 4.78 is 5.73. The van der Waals surface area contributed by atoms with E-state index in [0.29, 0.717) is 19.4 Å². The number of fused-ring (bicyclic) bond motifs is 1. The van der Waals surface area contributed by atoms with Crippen molar-refractivity contribution in [2.24, 2.45) is 22.2 Å². The molecule has 5 rings (SSSR count). The van der Waals surface area contributed by atoms with E-state index in [-0.39, 0.29) is 28.1 Å². The number of amides is 3. The van der Waals surface area contributed by atoms with E-state index in [9.17, 15) is 19.5 Å². The molecule has 0 aromatic rings. The monoisotopic (exact) mass is 516 g/mol. The van der Waals surface area contributed by atoms with E-state index < -0.39 is 35.5 Å². The molecule has 2 heterocycles. The maximum absolute atomic E-state index is 13.9. The van der Waals surface area contributed by atoms with Gasteiger partial charge in [-0.1, -0.05) is 26.3 Å². The fraction of sp³-hybridized carbons (Fsp3) is 0.821. The number of rotatable bonds is 6. The molecule has 0 bridgehead atoms. The summed E-state index contributed by atoms with van der Waals surface area (Å²) in [6.45, 7) is 15.8. The van der Waals surface area contributed by atoms with Crippen LogP contribution in [-0.4, -0.2) is 76.0 Å². The van der Waals surface area contributed by atoms with Crippen LogP contribution in [-0.2, 0) is 14.3 Å². The van der Waals surface area contributed by atoms with Gasteiger partial charge in [0.1, 0.15) is 17.2 Å². The number of aliphatic hydroxyl groups excluding tert-OH is 1. The molecule has 1 unspecified atom stereocenters. The Bertz CT molecular complexity index is 995. The average Bonchev–Trinajstić information content (AvgIpc) is 3.28. The van der Waals surface area contributed by atoms with Crippen molar-refractivity contribution in [3.63, 3.8) is 0 Å². The molecule has 0 radical (unpaired) electrons. The van der Waals surface area contributed by atoms with Gasteiger partial charge in [0, 0.05) is 31.0 Å². The Balaban J connectivity index is 1.36. The molecule has 3 amide bonds. The Morgan fingerprint density at radius 1 is 1.08 bits per heavy atom. The molecule has 37 heavy (non-hydrogen) atoms. The van der Waals surface area contributed by atoms with Crippen molar-refractivity contribution < 1.29 is 24.2 Å². The lowest BCUT2D eigenvalue weighted by atomic mass is 9.73. The summed E-state index contributed by atoms with van der Waals surface area (Å²) >= 11 is 0. The van der Waals surface area contributed by atoms with Crippen molar-refractivity contribution in [1.82, 2.24) is 20.4 Å². The van der Waals surface area contributed by atoms with Crippen molar-refractivity contribution in [3.8, 4) is 0 Å². The molecule has 206 valence electrons. The minimum atomic E-state index is -1.16. The molecule has 2 saturated heterocycles. The van der Waals surface area contributed by atoms with Crippen LogP contribution in [0.5, 0.6) is 0 Å². The molecule has 0 aromatic heterocycles. The molecule has 3 saturated carbocycles. The first kappa shape index (κ1) is 26.5. The maximum Gasteiger partial charge on any atom is 0.410 e. The molecule has 9 heteroatoms. The van der Waals surface area contributed by atoms with Gasteiger partial charge in [-0.25, -0.2) is 4.79 Å². The smallest absolute Gasteiger partial charge is 0.410 e. The van der Waals surface area contributed by atoms with Crippen molar-refractivity contribution in [2.45, 2.75) is 103 Å². The summed E-state index contributed by atoms with van der Waals surface area (Å²) in [7, 11) is 0. The van der Waals surface area contributed by atoms with Crippen LogP contribution in [0.15, 0.2) is 12.7 Å². The molecule has 2 aliphatic heterocycles. The Kier molecular flexibility index (Phi) is 6.04. The quantitative estimate of drug-likeness (QED) is 0.370. The topological polar surface area (TPSA) is 111 Å². The zero-order valence-corrected chi connectivity index (χ0v) is 23.1. The van der Waals surface area contributed by atoms with E-state index in [4.69, 9.17) is 4.74 Å². The Labute approximate surface area is 220 Å². The second-order valence-corrected chi connectivity index (χ2v) is 13.6. The summed E-state index contributed by atoms with van der Waals surface area (Å²) in [5.74, 6) is -0.984. The molecular formula is C28H44N4O5. The van der Waals surface area contributed by atoms with Gasteiger partial charge < -0.3 is 20.5 Å². The molecule has 3 N–H and O–H groups in total. The van der Waals surface area contributed by atoms with Crippen LogP contribution in [0.1, 0.15) is 79.6 Å². The van der Waals surface area contributed by atoms with E-state index in [1.807, 2.05) is 25.7 Å². The van der Waals surface area contributed by atoms with Crippen LogP contribution >= 0.6 is 0 Å². The maximum atomic E-state index is 13.9. The molecule has 5 aliphatic rings. The number of likely N-dealkylation sites (tertiary alicyclic amines) is 2. The highest BCUT2D eigenvalue weighted by molar-refractivity contribution is 5.97. The third kappa shape index (κ3) is 3.82. The number of carbonyl (C=O) groups is 3. The van der Waals surface area contributed by atoms with Crippen LogP contribution in [0.2, 0.25) is 0 Å². The van der Waals surface area contributed by atoms with Crippen LogP contribution in [0.25, 0.3) is 0 Å². The number of aliphatic hydroxyl groups is 1. The van der Waals surface area contributed by atoms with E-state index in [1.165, 1.54) is 6.42 Å². The lowest BCUT2D eigenvalue weighted by molar-refractivity contribution is -0.136. The number of hydrogen-bond donors (Lipinski definition) is 3. The first-order valence-corrected chi connectivity index (χ1v) is 13.9. The Morgan fingerprint density at radius 3 is 2.22 bits per heavy atom. The molecule has 5 fully saturated rings. The van der Waals surface area contributed by atoms with Gasteiger partial charge in [0.05, 0.1) is 0 Å². The summed E-state index contributed by atoms with van der Waals surface area (Å²) in [6.07, 6.45) is 6.46. The van der Waals surface area contributed by atoms with Crippen molar-refractivity contribution in [2.75, 3.05) is 19.6 Å². The molecular weight excluding hydrogens is 472 g/mol. The van der Waals surface area contributed by atoms with Crippen LogP contribution in [0.3, 0.4) is 0 Å². The Hall–Kier alpha value is -2.13. The van der Waals surface area contributed by atoms with Gasteiger partial charge in [0.2, 0.25) is 11.8 Å². The van der Waals surface area contributed by atoms with Gasteiger partial charge >= 0.3 is 6.09 Å². The standard InChI is InChI=1S/C28H44N4O5/c1-7-18-15-28(18,21(34)29-22(35)31-13-8-9-14-31)30-20(33)19-16-27(25(5,6)26(27)11-10-12-26)17-32(19)23(36)37-24(2,3)4/h7,18-19,22,35H,1,8-17H2,2-6H3,(H,29,34)(H,30,33)/t18-,19+,22?,27-,28-/m1/s1. The van der Waals surface area contributed by atoms with E-state index in [0.717, 1.165) is 38.8 Å². The highest BCUT2D eigenvalue weighted by atomic mass is 16.6. The van der Waals surface area contributed by atoms with Gasteiger partial charge in [-0.15, -0.1) is 6.58 Å². The average molecular weight is 517 g/mol. The number of carbonyl (C=O) groups excluding carboxylic acids is 3. The second kappa shape index (κ2) is 8.43. The first-order chi connectivity index (χ1) is 17.2. The van der Waals surface area contributed by atoms with Crippen molar-refractivity contribution >= 4 is 17.9 Å². The summed E-state index contributed by atoms with van der Waals surface area (Å²) in [5, 5.41) is 16.3. The fourth-order valence-corrected chi connectivity index (χ4v) is 8.01. The van der Waals surface area contributed by atoms with Crippen molar-refractivity contribution in [1.29, 1.82) is 0 Å². The number of nitrogens with one attached hydrogen (secondary N) is 2. The van der Waals surface area contributed by atoms with E-state index >= 15 is 0 Å². The zero-order valence-electron chi connectivity index (χ0n) is 23.1. The number of hydrogen-bond acceptors (Lipinski definition) is 6. The first-order valence-electron chi connectivity index (χ1n) is 13.9. The van der Waals surface area contributed by atoms with E-state index in [2.05, 4.69) is 31.1 Å². The lowest BCUT2D eigenvalue weighted by Crippen LogP contribution is -2.59. The van der Waals surface area contributed by atoms with Gasteiger partial charge in [0.15, 0.2) is 6.35 Å². The van der Waals surface area contributed by atoms with Gasteiger partial charge in [0.25, 0.3) is 0 Å². The molecule has 3 aliphatic carbocycles. The summed E-state index contributed by atoms with van der Waals surface area (Å²) in [5.41, 5.74) is -1.78. The Morgan fingerprint density at radius 2 is 1.73 bits per heavy atom.